The molecule has 1 aromatic carbocycles. The van der Waals surface area contributed by atoms with Gasteiger partial charge in [-0.15, -0.1) is 0 Å². The van der Waals surface area contributed by atoms with Crippen molar-refractivity contribution in [1.82, 2.24) is 0 Å². The van der Waals surface area contributed by atoms with Gasteiger partial charge in [-0.2, -0.15) is 0 Å². The molecular formula is C9H9F2NO. The predicted molar refractivity (Wildman–Crippen MR) is 44.3 cm³/mol. The Kier molecular flexibility index (Phi) is 2.72. The average Bonchev–Trinajstić information content (AvgIpc) is 2.03. The normalized spacial score (nSPS) is 12.6. The number of carbonyl (C=O) groups is 1. The molecule has 0 bridgehead atoms. The first-order valence-electron chi connectivity index (χ1n) is 3.78. The molecule has 1 aromatic rings. The SMILES string of the molecule is C[C@H](N)C(=O)c1c(F)cccc1F. The smallest absolute Gasteiger partial charge is 0.185 e. The van der Waals surface area contributed by atoms with Crippen LogP contribution < -0.4 is 5.73 Å². The zero-order chi connectivity index (χ0) is 10.0. The third kappa shape index (κ3) is 1.89. The minimum Gasteiger partial charge on any atom is -0.321 e. The van der Waals surface area contributed by atoms with Gasteiger partial charge in [0.2, 0.25) is 0 Å². The molecule has 4 heteroatoms. The van der Waals surface area contributed by atoms with Gasteiger partial charge < -0.3 is 5.73 Å². The van der Waals surface area contributed by atoms with Crippen LogP contribution in [0.25, 0.3) is 0 Å². The first-order chi connectivity index (χ1) is 6.04. The molecule has 0 aromatic heterocycles. The van der Waals surface area contributed by atoms with E-state index in [2.05, 4.69) is 0 Å². The Morgan fingerprint density at radius 2 is 1.85 bits per heavy atom. The first kappa shape index (κ1) is 9.80. The molecule has 0 heterocycles. The number of hydrogen-bond donors (Lipinski definition) is 1. The van der Waals surface area contributed by atoms with Crippen LogP contribution in [0.15, 0.2) is 18.2 Å². The highest BCUT2D eigenvalue weighted by Crippen LogP contribution is 2.13. The van der Waals surface area contributed by atoms with Crippen LogP contribution in [-0.2, 0) is 0 Å². The van der Waals surface area contributed by atoms with Crippen molar-refractivity contribution in [2.75, 3.05) is 0 Å². The Labute approximate surface area is 74.4 Å². The van der Waals surface area contributed by atoms with Crippen LogP contribution in [0.2, 0.25) is 0 Å². The van der Waals surface area contributed by atoms with E-state index in [1.807, 2.05) is 0 Å². The summed E-state index contributed by atoms with van der Waals surface area (Å²) >= 11 is 0. The molecule has 2 nitrogen and oxygen atoms in total. The molecule has 2 N–H and O–H groups in total. The summed E-state index contributed by atoms with van der Waals surface area (Å²) in [6.07, 6.45) is 0. The number of hydrogen-bond acceptors (Lipinski definition) is 2. The predicted octanol–water partition coefficient (Wildman–Crippen LogP) is 1.49. The maximum atomic E-state index is 12.9. The number of Topliss-reactive ketones (excluding diaryl/α,β-unsaturated/α-hetero) is 1. The molecule has 0 unspecified atom stereocenters. The van der Waals surface area contributed by atoms with Gasteiger partial charge in [-0.25, -0.2) is 8.78 Å². The standard InChI is InChI=1S/C9H9F2NO/c1-5(12)9(13)8-6(10)3-2-4-7(8)11/h2-5H,12H2,1H3/t5-/m0/s1. The summed E-state index contributed by atoms with van der Waals surface area (Å²) in [5, 5.41) is 0. The van der Waals surface area contributed by atoms with Crippen molar-refractivity contribution in [2.24, 2.45) is 5.73 Å². The molecule has 0 aliphatic heterocycles. The van der Waals surface area contributed by atoms with Gasteiger partial charge in [-0.05, 0) is 19.1 Å². The molecule has 0 saturated carbocycles. The third-order valence-corrected chi connectivity index (χ3v) is 1.62. The van der Waals surface area contributed by atoms with Gasteiger partial charge in [0, 0.05) is 0 Å². The van der Waals surface area contributed by atoms with Gasteiger partial charge in [-0.1, -0.05) is 6.07 Å². The molecule has 0 aliphatic rings. The zero-order valence-electron chi connectivity index (χ0n) is 7.05. The molecule has 0 saturated heterocycles. The van der Waals surface area contributed by atoms with Crippen molar-refractivity contribution in [3.8, 4) is 0 Å². The Morgan fingerprint density at radius 3 is 2.23 bits per heavy atom. The topological polar surface area (TPSA) is 43.1 Å². The highest BCUT2D eigenvalue weighted by Gasteiger charge is 2.19. The van der Waals surface area contributed by atoms with Crippen LogP contribution in [-0.4, -0.2) is 11.8 Å². The van der Waals surface area contributed by atoms with Crippen LogP contribution in [0.4, 0.5) is 8.78 Å². The van der Waals surface area contributed by atoms with E-state index in [9.17, 15) is 13.6 Å². The summed E-state index contributed by atoms with van der Waals surface area (Å²) in [7, 11) is 0. The molecular weight excluding hydrogens is 176 g/mol. The van der Waals surface area contributed by atoms with Crippen LogP contribution in [0, 0.1) is 11.6 Å². The van der Waals surface area contributed by atoms with Crippen molar-refractivity contribution in [1.29, 1.82) is 0 Å². The number of halogens is 2. The maximum absolute atomic E-state index is 12.9. The molecule has 0 aliphatic carbocycles. The highest BCUT2D eigenvalue weighted by molar-refractivity contribution is 6.00. The average molecular weight is 185 g/mol. The summed E-state index contributed by atoms with van der Waals surface area (Å²) in [4.78, 5) is 11.2. The maximum Gasteiger partial charge on any atom is 0.185 e. The fourth-order valence-electron chi connectivity index (χ4n) is 0.961. The van der Waals surface area contributed by atoms with Crippen LogP contribution >= 0.6 is 0 Å². The Balaban J connectivity index is 3.20. The van der Waals surface area contributed by atoms with E-state index < -0.39 is 29.0 Å². The highest BCUT2D eigenvalue weighted by atomic mass is 19.1. The van der Waals surface area contributed by atoms with E-state index in [0.29, 0.717) is 0 Å². The molecule has 0 fully saturated rings. The van der Waals surface area contributed by atoms with Crippen molar-refractivity contribution in [3.05, 3.63) is 35.4 Å². The second kappa shape index (κ2) is 3.62. The first-order valence-corrected chi connectivity index (χ1v) is 3.78. The molecule has 70 valence electrons. The fourth-order valence-corrected chi connectivity index (χ4v) is 0.961. The van der Waals surface area contributed by atoms with Gasteiger partial charge in [-0.3, -0.25) is 4.79 Å². The molecule has 1 rings (SSSR count). The van der Waals surface area contributed by atoms with Crippen molar-refractivity contribution >= 4 is 5.78 Å². The van der Waals surface area contributed by atoms with E-state index in [1.165, 1.54) is 13.0 Å². The minimum absolute atomic E-state index is 0.558. The van der Waals surface area contributed by atoms with E-state index in [-0.39, 0.29) is 0 Å². The summed E-state index contributed by atoms with van der Waals surface area (Å²) in [6, 6.07) is 2.35. The van der Waals surface area contributed by atoms with E-state index >= 15 is 0 Å². The Hall–Kier alpha value is -1.29. The quantitative estimate of drug-likeness (QED) is 0.709. The van der Waals surface area contributed by atoms with E-state index in [4.69, 9.17) is 5.73 Å². The largest absolute Gasteiger partial charge is 0.321 e. The molecule has 0 radical (unpaired) electrons. The number of ketones is 1. The van der Waals surface area contributed by atoms with E-state index in [0.717, 1.165) is 12.1 Å². The lowest BCUT2D eigenvalue weighted by molar-refractivity contribution is 0.0959. The molecule has 0 spiro atoms. The van der Waals surface area contributed by atoms with Gasteiger partial charge >= 0.3 is 0 Å². The fraction of sp³-hybridized carbons (Fsp3) is 0.222. The second-order valence-corrected chi connectivity index (χ2v) is 2.75. The van der Waals surface area contributed by atoms with Crippen molar-refractivity contribution < 1.29 is 13.6 Å². The minimum atomic E-state index is -0.897. The van der Waals surface area contributed by atoms with Gasteiger partial charge in [0.25, 0.3) is 0 Å². The Bertz CT molecular complexity index is 316. The lowest BCUT2D eigenvalue weighted by atomic mass is 10.1. The van der Waals surface area contributed by atoms with E-state index in [1.54, 1.807) is 0 Å². The number of nitrogens with two attached hydrogens (primary N) is 1. The van der Waals surface area contributed by atoms with Crippen molar-refractivity contribution in [3.63, 3.8) is 0 Å². The molecule has 1 atom stereocenters. The second-order valence-electron chi connectivity index (χ2n) is 2.75. The summed E-state index contributed by atoms with van der Waals surface area (Å²) in [5.41, 5.74) is 4.66. The van der Waals surface area contributed by atoms with Gasteiger partial charge in [0.05, 0.1) is 11.6 Å². The van der Waals surface area contributed by atoms with Gasteiger partial charge in [0.1, 0.15) is 11.6 Å². The summed E-state index contributed by atoms with van der Waals surface area (Å²) in [6.45, 7) is 1.38. The van der Waals surface area contributed by atoms with Crippen LogP contribution in [0.1, 0.15) is 17.3 Å². The number of benzene rings is 1. The van der Waals surface area contributed by atoms with Gasteiger partial charge in [0.15, 0.2) is 5.78 Å². The molecule has 0 amide bonds. The number of rotatable bonds is 2. The molecule has 13 heavy (non-hydrogen) atoms. The number of carbonyl (C=O) groups excluding carboxylic acids is 1. The third-order valence-electron chi connectivity index (χ3n) is 1.62. The van der Waals surface area contributed by atoms with Crippen molar-refractivity contribution in [2.45, 2.75) is 13.0 Å². The van der Waals surface area contributed by atoms with Crippen LogP contribution in [0.3, 0.4) is 0 Å². The Morgan fingerprint density at radius 1 is 1.38 bits per heavy atom. The zero-order valence-corrected chi connectivity index (χ0v) is 7.05. The monoisotopic (exact) mass is 185 g/mol. The lowest BCUT2D eigenvalue weighted by Gasteiger charge is -2.05. The lowest BCUT2D eigenvalue weighted by Crippen LogP contribution is -2.28. The summed E-state index contributed by atoms with van der Waals surface area (Å²) < 4.78 is 25.9. The summed E-state index contributed by atoms with van der Waals surface area (Å²) in [5.74, 6) is -2.47. The van der Waals surface area contributed by atoms with Crippen LogP contribution in [0.5, 0.6) is 0 Å².